The van der Waals surface area contributed by atoms with Gasteiger partial charge in [0.2, 0.25) is 17.7 Å². The molecule has 112 valence electrons. The maximum atomic E-state index is 12.4. The Labute approximate surface area is 127 Å². The molecule has 0 radical (unpaired) electrons. The van der Waals surface area contributed by atoms with E-state index in [4.69, 9.17) is 0 Å². The van der Waals surface area contributed by atoms with Crippen LogP contribution in [0.1, 0.15) is 43.7 Å². The molecule has 1 atom stereocenters. The van der Waals surface area contributed by atoms with Crippen molar-refractivity contribution < 1.29 is 14.4 Å². The Kier molecular flexibility index (Phi) is 4.05. The first-order valence-corrected chi connectivity index (χ1v) is 8.26. The quantitative estimate of drug-likeness (QED) is 0.799. The van der Waals surface area contributed by atoms with Crippen LogP contribution >= 0.6 is 11.3 Å². The van der Waals surface area contributed by atoms with Gasteiger partial charge in [-0.3, -0.25) is 19.3 Å². The summed E-state index contributed by atoms with van der Waals surface area (Å²) in [6.45, 7) is 0.991. The summed E-state index contributed by atoms with van der Waals surface area (Å²) in [5.41, 5.74) is 1.19. The van der Waals surface area contributed by atoms with Crippen molar-refractivity contribution in [1.29, 1.82) is 0 Å². The van der Waals surface area contributed by atoms with Crippen molar-refractivity contribution in [2.75, 3.05) is 13.1 Å². The van der Waals surface area contributed by atoms with Crippen LogP contribution in [0, 0.1) is 0 Å². The molecule has 3 amide bonds. The van der Waals surface area contributed by atoms with Gasteiger partial charge >= 0.3 is 0 Å². The fraction of sp³-hybridized carbons (Fsp3) is 0.533. The highest BCUT2D eigenvalue weighted by Gasteiger charge is 2.32. The molecule has 0 saturated carbocycles. The number of carbonyl (C=O) groups is 3. The zero-order valence-electron chi connectivity index (χ0n) is 11.8. The summed E-state index contributed by atoms with van der Waals surface area (Å²) in [5, 5.41) is 4.11. The summed E-state index contributed by atoms with van der Waals surface area (Å²) < 4.78 is 0. The summed E-state index contributed by atoms with van der Waals surface area (Å²) in [4.78, 5) is 38.6. The van der Waals surface area contributed by atoms with Gasteiger partial charge in [-0.05, 0) is 35.2 Å². The minimum absolute atomic E-state index is 0.0381. The average Bonchev–Trinajstić information content (AvgIpc) is 3.18. The highest BCUT2D eigenvalue weighted by molar-refractivity contribution is 7.07. The van der Waals surface area contributed by atoms with Crippen molar-refractivity contribution >= 4 is 29.1 Å². The summed E-state index contributed by atoms with van der Waals surface area (Å²) >= 11 is 1.64. The van der Waals surface area contributed by atoms with Crippen LogP contribution in [0.2, 0.25) is 0 Å². The Balaban J connectivity index is 1.60. The van der Waals surface area contributed by atoms with Crippen LogP contribution in [0.5, 0.6) is 0 Å². The average molecular weight is 306 g/mol. The van der Waals surface area contributed by atoms with Crippen molar-refractivity contribution in [2.45, 2.75) is 38.1 Å². The summed E-state index contributed by atoms with van der Waals surface area (Å²) in [5.74, 6) is -0.261. The second-order valence-corrected chi connectivity index (χ2v) is 6.27. The minimum atomic E-state index is -0.149. The molecule has 5 nitrogen and oxygen atoms in total. The maximum absolute atomic E-state index is 12.4. The van der Waals surface area contributed by atoms with Crippen LogP contribution in [0.3, 0.4) is 0 Å². The zero-order valence-corrected chi connectivity index (χ0v) is 12.6. The number of carbonyl (C=O) groups excluding carboxylic acids is 3. The monoisotopic (exact) mass is 306 g/mol. The summed E-state index contributed by atoms with van der Waals surface area (Å²) in [7, 11) is 0. The molecule has 0 aliphatic carbocycles. The molecule has 0 aromatic carbocycles. The normalized spacial score (nSPS) is 22.4. The maximum Gasteiger partial charge on any atom is 0.229 e. The first-order valence-electron chi connectivity index (χ1n) is 7.31. The lowest BCUT2D eigenvalue weighted by Gasteiger charge is -2.25. The van der Waals surface area contributed by atoms with Gasteiger partial charge in [-0.15, -0.1) is 0 Å². The van der Waals surface area contributed by atoms with Crippen LogP contribution in [0.25, 0.3) is 0 Å². The van der Waals surface area contributed by atoms with E-state index in [1.165, 1.54) is 10.5 Å². The largest absolute Gasteiger partial charge is 0.336 e. The third kappa shape index (κ3) is 2.85. The second-order valence-electron chi connectivity index (χ2n) is 5.49. The molecule has 1 aromatic rings. The molecule has 3 heterocycles. The smallest absolute Gasteiger partial charge is 0.229 e. The van der Waals surface area contributed by atoms with Crippen LogP contribution in [0.4, 0.5) is 0 Å². The number of hydrogen-bond donors (Lipinski definition) is 0. The number of amides is 3. The molecule has 2 aliphatic rings. The van der Waals surface area contributed by atoms with E-state index in [9.17, 15) is 14.4 Å². The molecule has 0 spiro atoms. The number of nitrogens with zero attached hydrogens (tertiary/aromatic N) is 2. The first-order chi connectivity index (χ1) is 10.2. The molecule has 2 fully saturated rings. The van der Waals surface area contributed by atoms with Gasteiger partial charge in [-0.1, -0.05) is 0 Å². The van der Waals surface area contributed by atoms with E-state index in [1.807, 2.05) is 10.3 Å². The first kappa shape index (κ1) is 14.3. The van der Waals surface area contributed by atoms with Gasteiger partial charge in [0.1, 0.15) is 0 Å². The van der Waals surface area contributed by atoms with Gasteiger partial charge in [0.05, 0.1) is 6.04 Å². The highest BCUT2D eigenvalue weighted by Crippen LogP contribution is 2.33. The summed E-state index contributed by atoms with van der Waals surface area (Å²) in [6, 6.07) is 2.22. The highest BCUT2D eigenvalue weighted by atomic mass is 32.1. The predicted octanol–water partition coefficient (Wildman–Crippen LogP) is 1.95. The molecule has 2 aliphatic heterocycles. The Morgan fingerprint density at radius 2 is 2.05 bits per heavy atom. The lowest BCUT2D eigenvalue weighted by molar-refractivity contribution is -0.139. The van der Waals surface area contributed by atoms with Gasteiger partial charge in [-0.2, -0.15) is 11.3 Å². The molecule has 3 rings (SSSR count). The van der Waals surface area contributed by atoms with Crippen molar-refractivity contribution in [2.24, 2.45) is 0 Å². The van der Waals surface area contributed by atoms with E-state index in [-0.39, 0.29) is 49.6 Å². The minimum Gasteiger partial charge on any atom is -0.336 e. The van der Waals surface area contributed by atoms with E-state index in [2.05, 4.69) is 11.4 Å². The third-order valence-corrected chi connectivity index (χ3v) is 4.91. The predicted molar refractivity (Wildman–Crippen MR) is 78.6 cm³/mol. The van der Waals surface area contributed by atoms with Crippen LogP contribution in [0.15, 0.2) is 16.8 Å². The lowest BCUT2D eigenvalue weighted by Crippen LogP contribution is -2.36. The van der Waals surface area contributed by atoms with Crippen LogP contribution in [-0.4, -0.2) is 40.6 Å². The van der Waals surface area contributed by atoms with Crippen molar-refractivity contribution in [3.8, 4) is 0 Å². The molecule has 0 bridgehead atoms. The number of imide groups is 1. The van der Waals surface area contributed by atoms with E-state index in [0.29, 0.717) is 0 Å². The van der Waals surface area contributed by atoms with Crippen molar-refractivity contribution in [1.82, 2.24) is 9.80 Å². The molecular formula is C15H18N2O3S. The molecular weight excluding hydrogens is 288 g/mol. The Bertz CT molecular complexity index is 539. The second kappa shape index (κ2) is 5.97. The van der Waals surface area contributed by atoms with E-state index >= 15 is 0 Å². The van der Waals surface area contributed by atoms with Crippen molar-refractivity contribution in [3.63, 3.8) is 0 Å². The fourth-order valence-electron chi connectivity index (χ4n) is 3.10. The standard InChI is InChI=1S/C15H18N2O3S/c18-13-3-4-14(19)17(13)8-5-15(20)16-7-1-2-12(16)11-6-9-21-10-11/h6,9-10,12H,1-5,7-8H2/t12-/m0/s1. The molecule has 6 heteroatoms. The number of rotatable bonds is 4. The van der Waals surface area contributed by atoms with Gasteiger partial charge in [-0.25, -0.2) is 0 Å². The molecule has 2 saturated heterocycles. The van der Waals surface area contributed by atoms with E-state index in [0.717, 1.165) is 19.4 Å². The Morgan fingerprint density at radius 1 is 1.29 bits per heavy atom. The fourth-order valence-corrected chi connectivity index (χ4v) is 3.81. The number of thiophene rings is 1. The van der Waals surface area contributed by atoms with Gasteiger partial charge in [0, 0.05) is 32.4 Å². The molecule has 0 N–H and O–H groups in total. The topological polar surface area (TPSA) is 57.7 Å². The van der Waals surface area contributed by atoms with Crippen LogP contribution in [-0.2, 0) is 14.4 Å². The van der Waals surface area contributed by atoms with Crippen molar-refractivity contribution in [3.05, 3.63) is 22.4 Å². The van der Waals surface area contributed by atoms with E-state index in [1.54, 1.807) is 11.3 Å². The van der Waals surface area contributed by atoms with Gasteiger partial charge < -0.3 is 4.90 Å². The SMILES string of the molecule is O=C1CCC(=O)N1CCC(=O)N1CCC[C@H]1c1ccsc1. The van der Waals surface area contributed by atoms with Gasteiger partial charge in [0.25, 0.3) is 0 Å². The number of hydrogen-bond acceptors (Lipinski definition) is 4. The summed E-state index contributed by atoms with van der Waals surface area (Å²) in [6.07, 6.45) is 2.80. The van der Waals surface area contributed by atoms with Crippen LogP contribution < -0.4 is 0 Å². The molecule has 1 aromatic heterocycles. The Hall–Kier alpha value is -1.69. The van der Waals surface area contributed by atoms with E-state index < -0.39 is 0 Å². The molecule has 0 unspecified atom stereocenters. The Morgan fingerprint density at radius 3 is 2.71 bits per heavy atom. The number of likely N-dealkylation sites (tertiary alicyclic amines) is 2. The van der Waals surface area contributed by atoms with Gasteiger partial charge in [0.15, 0.2) is 0 Å². The zero-order chi connectivity index (χ0) is 14.8. The molecule has 21 heavy (non-hydrogen) atoms. The lowest BCUT2D eigenvalue weighted by atomic mass is 10.1. The third-order valence-electron chi connectivity index (χ3n) is 4.21.